The number of hydrogen-bond donors (Lipinski definition) is 0. The van der Waals surface area contributed by atoms with Crippen LogP contribution in [-0.2, 0) is 19.1 Å². The first-order valence-corrected chi connectivity index (χ1v) is 10.7. The highest BCUT2D eigenvalue weighted by molar-refractivity contribution is 6.23. The van der Waals surface area contributed by atoms with Gasteiger partial charge in [-0.25, -0.2) is 14.5 Å². The number of benzene rings is 2. The van der Waals surface area contributed by atoms with Crippen LogP contribution in [0, 0.1) is 0 Å². The van der Waals surface area contributed by atoms with E-state index in [-0.39, 0.29) is 35.0 Å². The Morgan fingerprint density at radius 2 is 1.39 bits per heavy atom. The van der Waals surface area contributed by atoms with Gasteiger partial charge >= 0.3 is 11.9 Å². The summed E-state index contributed by atoms with van der Waals surface area (Å²) in [5, 5.41) is 0. The second-order valence-corrected chi connectivity index (χ2v) is 7.90. The predicted octanol–water partition coefficient (Wildman–Crippen LogP) is 1.71. The van der Waals surface area contributed by atoms with Crippen molar-refractivity contribution in [2.24, 2.45) is 0 Å². The van der Waals surface area contributed by atoms with Crippen molar-refractivity contribution in [1.82, 2.24) is 4.90 Å². The number of rotatable bonds is 5. The molecule has 0 spiro atoms. The molecule has 2 heterocycles. The maximum atomic E-state index is 13.3. The van der Waals surface area contributed by atoms with E-state index in [2.05, 4.69) is 17.0 Å². The summed E-state index contributed by atoms with van der Waals surface area (Å²) in [6, 6.07) is 13.5. The normalized spacial score (nSPS) is 19.0. The zero-order valence-corrected chi connectivity index (χ0v) is 18.5. The van der Waals surface area contributed by atoms with Gasteiger partial charge in [0.1, 0.15) is 0 Å². The molecule has 0 unspecified atom stereocenters. The van der Waals surface area contributed by atoms with E-state index in [0.29, 0.717) is 13.1 Å². The van der Waals surface area contributed by atoms with Crippen LogP contribution in [0.15, 0.2) is 48.5 Å². The van der Waals surface area contributed by atoms with Crippen LogP contribution in [0.4, 0.5) is 11.4 Å². The number of nitrogens with zero attached hydrogens (tertiary/aromatic N) is 3. The lowest BCUT2D eigenvalue weighted by Crippen LogP contribution is -2.52. The fraction of sp³-hybridized carbons (Fsp3) is 0.333. The molecule has 2 aliphatic rings. The SMILES string of the molecule is COC(=O)c1cc(C(=O)OC)cc(N2C(=O)C[C@H](N3CCN(c4ccccc4)CC3)C2=O)c1. The number of ether oxygens (including phenoxy) is 2. The van der Waals surface area contributed by atoms with E-state index in [1.165, 1.54) is 32.4 Å². The summed E-state index contributed by atoms with van der Waals surface area (Å²) in [6.07, 6.45) is 0.0418. The molecule has 0 bridgehead atoms. The zero-order valence-electron chi connectivity index (χ0n) is 18.5. The van der Waals surface area contributed by atoms with Gasteiger partial charge in [-0.1, -0.05) is 18.2 Å². The van der Waals surface area contributed by atoms with Crippen LogP contribution >= 0.6 is 0 Å². The maximum Gasteiger partial charge on any atom is 0.337 e. The Morgan fingerprint density at radius 3 is 1.94 bits per heavy atom. The van der Waals surface area contributed by atoms with Crippen molar-refractivity contribution >= 4 is 35.1 Å². The van der Waals surface area contributed by atoms with E-state index in [4.69, 9.17) is 9.47 Å². The van der Waals surface area contributed by atoms with Crippen molar-refractivity contribution < 1.29 is 28.7 Å². The summed E-state index contributed by atoms with van der Waals surface area (Å²) in [5.74, 6) is -2.12. The number of carbonyl (C=O) groups excluding carboxylic acids is 4. The van der Waals surface area contributed by atoms with Gasteiger partial charge in [0.2, 0.25) is 5.91 Å². The number of para-hydroxylation sites is 1. The van der Waals surface area contributed by atoms with Gasteiger partial charge in [-0.2, -0.15) is 0 Å². The van der Waals surface area contributed by atoms with Gasteiger partial charge in [-0.3, -0.25) is 14.5 Å². The topological polar surface area (TPSA) is 96.5 Å². The third-order valence-corrected chi connectivity index (χ3v) is 6.02. The molecule has 9 nitrogen and oxygen atoms in total. The van der Waals surface area contributed by atoms with Gasteiger partial charge in [0.25, 0.3) is 5.91 Å². The smallest absolute Gasteiger partial charge is 0.337 e. The number of anilines is 2. The van der Waals surface area contributed by atoms with Crippen LogP contribution in [0.25, 0.3) is 0 Å². The van der Waals surface area contributed by atoms with Crippen molar-refractivity contribution in [1.29, 1.82) is 0 Å². The predicted molar refractivity (Wildman–Crippen MR) is 120 cm³/mol. The minimum atomic E-state index is -0.685. The summed E-state index contributed by atoms with van der Waals surface area (Å²) in [6.45, 7) is 2.77. The number of piperazine rings is 1. The summed E-state index contributed by atoms with van der Waals surface area (Å²) in [4.78, 5) is 55.6. The molecule has 33 heavy (non-hydrogen) atoms. The number of esters is 2. The molecule has 0 radical (unpaired) electrons. The molecule has 2 aromatic carbocycles. The molecule has 1 atom stereocenters. The average Bonchev–Trinajstić information content (AvgIpc) is 3.16. The van der Waals surface area contributed by atoms with Crippen LogP contribution in [-0.4, -0.2) is 75.1 Å². The molecular formula is C24H25N3O6. The van der Waals surface area contributed by atoms with Gasteiger partial charge < -0.3 is 14.4 Å². The van der Waals surface area contributed by atoms with Crippen LogP contribution in [0.5, 0.6) is 0 Å². The van der Waals surface area contributed by atoms with Crippen molar-refractivity contribution in [3.05, 3.63) is 59.7 Å². The number of hydrogen-bond acceptors (Lipinski definition) is 8. The molecule has 2 aliphatic heterocycles. The number of amides is 2. The Kier molecular flexibility index (Phi) is 6.41. The van der Waals surface area contributed by atoms with Crippen LogP contribution in [0.1, 0.15) is 27.1 Å². The lowest BCUT2D eigenvalue weighted by molar-refractivity contribution is -0.123. The van der Waals surface area contributed by atoms with Gasteiger partial charge in [0.15, 0.2) is 0 Å². The largest absolute Gasteiger partial charge is 0.465 e. The summed E-state index contributed by atoms with van der Waals surface area (Å²) in [5.41, 5.74) is 1.38. The minimum absolute atomic E-state index is 0.0418. The Labute approximate surface area is 191 Å². The highest BCUT2D eigenvalue weighted by Crippen LogP contribution is 2.29. The van der Waals surface area contributed by atoms with Crippen molar-refractivity contribution in [3.8, 4) is 0 Å². The Hall–Kier alpha value is -3.72. The highest BCUT2D eigenvalue weighted by atomic mass is 16.5. The van der Waals surface area contributed by atoms with E-state index in [1.807, 2.05) is 23.1 Å². The summed E-state index contributed by atoms with van der Waals surface area (Å²) < 4.78 is 9.49. The summed E-state index contributed by atoms with van der Waals surface area (Å²) >= 11 is 0. The molecule has 9 heteroatoms. The third-order valence-electron chi connectivity index (χ3n) is 6.02. The standard InChI is InChI=1S/C24H25N3O6/c1-32-23(30)16-12-17(24(31)33-2)14-19(13-16)27-21(28)15-20(22(27)29)26-10-8-25(9-11-26)18-6-4-3-5-7-18/h3-7,12-14,20H,8-11,15H2,1-2H3/t20-/m0/s1. The van der Waals surface area contributed by atoms with E-state index in [1.54, 1.807) is 0 Å². The summed E-state index contributed by atoms with van der Waals surface area (Å²) in [7, 11) is 2.42. The lowest BCUT2D eigenvalue weighted by atomic mass is 10.1. The lowest BCUT2D eigenvalue weighted by Gasteiger charge is -2.38. The van der Waals surface area contributed by atoms with E-state index >= 15 is 0 Å². The molecule has 4 rings (SSSR count). The minimum Gasteiger partial charge on any atom is -0.465 e. The third kappa shape index (κ3) is 4.45. The van der Waals surface area contributed by atoms with Gasteiger partial charge in [-0.05, 0) is 30.3 Å². The van der Waals surface area contributed by atoms with Crippen molar-refractivity contribution in [2.45, 2.75) is 12.5 Å². The molecule has 0 aliphatic carbocycles. The maximum absolute atomic E-state index is 13.3. The Morgan fingerprint density at radius 1 is 0.818 bits per heavy atom. The van der Waals surface area contributed by atoms with Crippen LogP contribution < -0.4 is 9.80 Å². The average molecular weight is 451 g/mol. The fourth-order valence-electron chi connectivity index (χ4n) is 4.31. The van der Waals surface area contributed by atoms with Crippen molar-refractivity contribution in [3.63, 3.8) is 0 Å². The van der Waals surface area contributed by atoms with Gasteiger partial charge in [0, 0.05) is 31.9 Å². The van der Waals surface area contributed by atoms with Gasteiger partial charge in [0.05, 0.1) is 43.5 Å². The van der Waals surface area contributed by atoms with E-state index < -0.39 is 18.0 Å². The molecule has 2 aromatic rings. The molecule has 2 saturated heterocycles. The Balaban J connectivity index is 1.54. The molecule has 172 valence electrons. The van der Waals surface area contributed by atoms with Crippen LogP contribution in [0.3, 0.4) is 0 Å². The molecule has 2 fully saturated rings. The van der Waals surface area contributed by atoms with Crippen molar-refractivity contribution in [2.75, 3.05) is 50.2 Å². The first kappa shape index (κ1) is 22.5. The quantitative estimate of drug-likeness (QED) is 0.501. The Bertz CT molecular complexity index is 1040. The van der Waals surface area contributed by atoms with Crippen LogP contribution in [0.2, 0.25) is 0 Å². The van der Waals surface area contributed by atoms with Gasteiger partial charge in [-0.15, -0.1) is 0 Å². The molecular weight excluding hydrogens is 426 g/mol. The zero-order chi connectivity index (χ0) is 23.5. The number of carbonyl (C=O) groups is 4. The number of imide groups is 1. The molecule has 0 N–H and O–H groups in total. The van der Waals surface area contributed by atoms with E-state index in [0.717, 1.165) is 23.7 Å². The van der Waals surface area contributed by atoms with E-state index in [9.17, 15) is 19.2 Å². The fourth-order valence-corrected chi connectivity index (χ4v) is 4.31. The first-order valence-electron chi connectivity index (χ1n) is 10.7. The molecule has 0 saturated carbocycles. The molecule has 0 aromatic heterocycles. The monoisotopic (exact) mass is 451 g/mol. The second-order valence-electron chi connectivity index (χ2n) is 7.90. The number of methoxy groups -OCH3 is 2. The highest BCUT2D eigenvalue weighted by Gasteiger charge is 2.43. The second kappa shape index (κ2) is 9.41. The molecule has 2 amide bonds. The first-order chi connectivity index (χ1) is 15.9.